The van der Waals surface area contributed by atoms with E-state index in [2.05, 4.69) is 15.2 Å². The van der Waals surface area contributed by atoms with Gasteiger partial charge < -0.3 is 10.1 Å². The molecule has 1 N–H and O–H groups in total. The van der Waals surface area contributed by atoms with Crippen LogP contribution in [-0.4, -0.2) is 22.9 Å². The minimum atomic E-state index is -0.316. The molecule has 0 saturated heterocycles. The van der Waals surface area contributed by atoms with Gasteiger partial charge in [0.1, 0.15) is 28.1 Å². The number of thiazole rings is 1. The van der Waals surface area contributed by atoms with Crippen LogP contribution in [0.15, 0.2) is 78.2 Å². The maximum atomic E-state index is 13.4. The molecular weight excluding hydrogens is 468 g/mol. The third kappa shape index (κ3) is 7.18. The number of amides is 1. The Balaban J connectivity index is 1.43. The van der Waals surface area contributed by atoms with Crippen molar-refractivity contribution in [2.45, 2.75) is 26.2 Å². The summed E-state index contributed by atoms with van der Waals surface area (Å²) in [6.45, 7) is 2.06. The first-order chi connectivity index (χ1) is 17.0. The Hall–Kier alpha value is -3.62. The number of carbonyl (C=O) groups excluding carboxylic acids is 1. The topological polar surface area (TPSA) is 54.5 Å². The molecule has 3 aromatic carbocycles. The Morgan fingerprint density at radius 2 is 1.40 bits per heavy atom. The Morgan fingerprint density at radius 3 is 1.97 bits per heavy atom. The molecule has 1 heterocycles. The molecular formula is C27H25F2N3O2S. The van der Waals surface area contributed by atoms with Crippen LogP contribution in [0.1, 0.15) is 32.2 Å². The number of nitrogens with one attached hydrogen (secondary N) is 1. The zero-order valence-corrected chi connectivity index (χ0v) is 20.0. The summed E-state index contributed by atoms with van der Waals surface area (Å²) in [6, 6.07) is 20.3. The zero-order chi connectivity index (χ0) is 24.6. The Morgan fingerprint density at radius 1 is 0.857 bits per heavy atom. The number of carbonyl (C=O) groups is 1. The van der Waals surface area contributed by atoms with Crippen molar-refractivity contribution in [1.82, 2.24) is 15.2 Å². The van der Waals surface area contributed by atoms with E-state index in [1.807, 2.05) is 24.3 Å². The molecule has 4 rings (SSSR count). The lowest BCUT2D eigenvalue weighted by Gasteiger charge is -2.21. The van der Waals surface area contributed by atoms with Crippen molar-refractivity contribution in [2.75, 3.05) is 7.11 Å². The fraction of sp³-hybridized carbons (Fsp3) is 0.185. The molecule has 0 fully saturated rings. The van der Waals surface area contributed by atoms with E-state index in [4.69, 9.17) is 4.74 Å². The largest absolute Gasteiger partial charge is 0.497 e. The molecule has 35 heavy (non-hydrogen) atoms. The molecule has 0 saturated carbocycles. The van der Waals surface area contributed by atoms with Crippen LogP contribution in [0.2, 0.25) is 0 Å². The van der Waals surface area contributed by atoms with E-state index in [1.165, 1.54) is 35.6 Å². The first kappa shape index (κ1) is 24.5. The minimum absolute atomic E-state index is 0.272. The van der Waals surface area contributed by atoms with Crippen molar-refractivity contribution in [3.05, 3.63) is 117 Å². The van der Waals surface area contributed by atoms with Gasteiger partial charge in [0, 0.05) is 25.0 Å². The Bertz CT molecular complexity index is 1240. The van der Waals surface area contributed by atoms with Crippen molar-refractivity contribution in [2.24, 2.45) is 0 Å². The molecule has 0 atom stereocenters. The maximum Gasteiger partial charge on any atom is 0.271 e. The van der Waals surface area contributed by atoms with Gasteiger partial charge in [-0.15, -0.1) is 11.3 Å². The number of benzene rings is 3. The number of nitrogens with zero attached hydrogens (tertiary/aromatic N) is 2. The Labute approximate surface area is 207 Å². The molecule has 0 radical (unpaired) electrons. The van der Waals surface area contributed by atoms with Crippen molar-refractivity contribution in [3.63, 3.8) is 0 Å². The van der Waals surface area contributed by atoms with E-state index in [9.17, 15) is 13.6 Å². The van der Waals surface area contributed by atoms with Gasteiger partial charge >= 0.3 is 0 Å². The number of hydrogen-bond donors (Lipinski definition) is 1. The van der Waals surface area contributed by atoms with E-state index < -0.39 is 0 Å². The number of hydrogen-bond acceptors (Lipinski definition) is 5. The molecule has 0 spiro atoms. The molecule has 1 amide bonds. The summed E-state index contributed by atoms with van der Waals surface area (Å²) in [5, 5.41) is 5.35. The van der Waals surface area contributed by atoms with Crippen LogP contribution >= 0.6 is 11.3 Å². The molecule has 0 aliphatic rings. The van der Waals surface area contributed by atoms with Crippen LogP contribution in [0.4, 0.5) is 8.78 Å². The Kier molecular flexibility index (Phi) is 8.18. The van der Waals surface area contributed by atoms with Crippen LogP contribution in [0.5, 0.6) is 5.75 Å². The molecule has 180 valence electrons. The minimum Gasteiger partial charge on any atom is -0.497 e. The SMILES string of the molecule is COc1ccc(CN(Cc2ccc(F)cc2)Cc2nc(C(=O)NCc3ccc(F)cc3)cs2)cc1. The van der Waals surface area contributed by atoms with Crippen LogP contribution in [-0.2, 0) is 26.2 Å². The second-order valence-electron chi connectivity index (χ2n) is 8.06. The highest BCUT2D eigenvalue weighted by Gasteiger charge is 2.15. The molecule has 4 aromatic rings. The van der Waals surface area contributed by atoms with Crippen molar-refractivity contribution in [3.8, 4) is 5.75 Å². The summed E-state index contributed by atoms with van der Waals surface area (Å²) < 4.78 is 31.7. The normalized spacial score (nSPS) is 11.0. The van der Waals surface area contributed by atoms with Crippen LogP contribution in [0.3, 0.4) is 0 Å². The number of halogens is 2. The summed E-state index contributed by atoms with van der Waals surface area (Å²) in [5.74, 6) is -0.0807. The lowest BCUT2D eigenvalue weighted by atomic mass is 10.1. The van der Waals surface area contributed by atoms with Gasteiger partial charge in [0.15, 0.2) is 0 Å². The van der Waals surface area contributed by atoms with E-state index in [-0.39, 0.29) is 17.5 Å². The van der Waals surface area contributed by atoms with E-state index in [1.54, 1.807) is 36.8 Å². The summed E-state index contributed by atoms with van der Waals surface area (Å²) in [7, 11) is 1.63. The van der Waals surface area contributed by atoms with E-state index >= 15 is 0 Å². The van der Waals surface area contributed by atoms with Gasteiger partial charge in [-0.1, -0.05) is 36.4 Å². The predicted octanol–water partition coefficient (Wildman–Crippen LogP) is 5.56. The average Bonchev–Trinajstić information content (AvgIpc) is 3.34. The molecule has 0 unspecified atom stereocenters. The van der Waals surface area contributed by atoms with Crippen molar-refractivity contribution in [1.29, 1.82) is 0 Å². The molecule has 0 aliphatic carbocycles. The summed E-state index contributed by atoms with van der Waals surface area (Å²) in [5.41, 5.74) is 3.23. The van der Waals surface area contributed by atoms with Crippen molar-refractivity contribution >= 4 is 17.2 Å². The highest BCUT2D eigenvalue weighted by Crippen LogP contribution is 2.19. The number of rotatable bonds is 10. The molecule has 1 aromatic heterocycles. The van der Waals surface area contributed by atoms with Gasteiger partial charge in [0.05, 0.1) is 13.7 Å². The first-order valence-electron chi connectivity index (χ1n) is 11.1. The first-order valence-corrected chi connectivity index (χ1v) is 11.9. The molecule has 0 aliphatic heterocycles. The second kappa shape index (κ2) is 11.7. The lowest BCUT2D eigenvalue weighted by Crippen LogP contribution is -2.24. The monoisotopic (exact) mass is 493 g/mol. The lowest BCUT2D eigenvalue weighted by molar-refractivity contribution is 0.0946. The van der Waals surface area contributed by atoms with Gasteiger partial charge in [-0.2, -0.15) is 0 Å². The van der Waals surface area contributed by atoms with Gasteiger partial charge in [-0.05, 0) is 53.1 Å². The molecule has 5 nitrogen and oxygen atoms in total. The average molecular weight is 494 g/mol. The van der Waals surface area contributed by atoms with Gasteiger partial charge in [-0.3, -0.25) is 9.69 Å². The third-order valence-corrected chi connectivity index (χ3v) is 6.23. The zero-order valence-electron chi connectivity index (χ0n) is 19.2. The molecule has 8 heteroatoms. The fourth-order valence-corrected chi connectivity index (χ4v) is 4.37. The van der Waals surface area contributed by atoms with E-state index in [0.29, 0.717) is 31.9 Å². The summed E-state index contributed by atoms with van der Waals surface area (Å²) in [6.07, 6.45) is 0. The standard InChI is InChI=1S/C27H25F2N3O2S/c1-34-24-12-6-21(7-13-24)16-32(15-20-4-10-23(29)11-5-20)17-26-31-25(18-35-26)27(33)30-14-19-2-8-22(28)9-3-19/h2-13,18H,14-17H2,1H3,(H,30,33). The highest BCUT2D eigenvalue weighted by atomic mass is 32.1. The number of ether oxygens (including phenoxy) is 1. The van der Waals surface area contributed by atoms with Crippen molar-refractivity contribution < 1.29 is 18.3 Å². The second-order valence-corrected chi connectivity index (χ2v) is 9.00. The summed E-state index contributed by atoms with van der Waals surface area (Å²) >= 11 is 1.42. The van der Waals surface area contributed by atoms with Gasteiger partial charge in [0.25, 0.3) is 5.91 Å². The maximum absolute atomic E-state index is 13.4. The fourth-order valence-electron chi connectivity index (χ4n) is 3.56. The van der Waals surface area contributed by atoms with Crippen LogP contribution < -0.4 is 10.1 Å². The smallest absolute Gasteiger partial charge is 0.271 e. The third-order valence-electron chi connectivity index (χ3n) is 5.39. The van der Waals surface area contributed by atoms with Gasteiger partial charge in [0.2, 0.25) is 0 Å². The summed E-state index contributed by atoms with van der Waals surface area (Å²) in [4.78, 5) is 19.3. The van der Waals surface area contributed by atoms with Crippen LogP contribution in [0.25, 0.3) is 0 Å². The highest BCUT2D eigenvalue weighted by molar-refractivity contribution is 7.09. The van der Waals surface area contributed by atoms with E-state index in [0.717, 1.165) is 27.4 Å². The molecule has 0 bridgehead atoms. The predicted molar refractivity (Wildman–Crippen MR) is 132 cm³/mol. The number of methoxy groups -OCH3 is 1. The number of aromatic nitrogens is 1. The quantitative estimate of drug-likeness (QED) is 0.314. The van der Waals surface area contributed by atoms with Gasteiger partial charge in [-0.25, -0.2) is 13.8 Å². The van der Waals surface area contributed by atoms with Crippen LogP contribution in [0, 0.1) is 11.6 Å².